The third kappa shape index (κ3) is 1.29. The molecule has 0 bridgehead atoms. The molecule has 4 nitrogen and oxygen atoms in total. The van der Waals surface area contributed by atoms with E-state index in [-0.39, 0.29) is 5.41 Å². The summed E-state index contributed by atoms with van der Waals surface area (Å²) in [4.78, 5) is 0. The first kappa shape index (κ1) is 11.9. The number of benzene rings is 1. The van der Waals surface area contributed by atoms with Gasteiger partial charge in [-0.05, 0) is 25.0 Å². The number of rotatable bonds is 3. The topological polar surface area (TPSA) is 61.5 Å². The fraction of sp³-hybridized carbons (Fsp3) is 0.375. The van der Waals surface area contributed by atoms with Crippen molar-refractivity contribution in [2.24, 2.45) is 5.73 Å². The van der Waals surface area contributed by atoms with Crippen molar-refractivity contribution in [3.63, 3.8) is 0 Å². The van der Waals surface area contributed by atoms with Crippen LogP contribution in [0.25, 0.3) is 21.9 Å². The van der Waals surface area contributed by atoms with E-state index in [1.54, 1.807) is 19.6 Å². The fourth-order valence-corrected chi connectivity index (χ4v) is 3.50. The highest BCUT2D eigenvalue weighted by Crippen LogP contribution is 2.51. The number of ether oxygens (including phenoxy) is 1. The van der Waals surface area contributed by atoms with E-state index >= 15 is 0 Å². The maximum absolute atomic E-state index is 6.09. The van der Waals surface area contributed by atoms with Gasteiger partial charge in [-0.25, -0.2) is 0 Å². The highest BCUT2D eigenvalue weighted by Gasteiger charge is 2.41. The molecule has 0 spiro atoms. The average molecular weight is 271 g/mol. The van der Waals surface area contributed by atoms with Crippen LogP contribution in [0, 0.1) is 0 Å². The lowest BCUT2D eigenvalue weighted by Gasteiger charge is -2.41. The van der Waals surface area contributed by atoms with Crippen LogP contribution in [-0.2, 0) is 5.41 Å². The van der Waals surface area contributed by atoms with E-state index in [9.17, 15) is 0 Å². The third-order valence-electron chi connectivity index (χ3n) is 4.71. The molecule has 104 valence electrons. The number of hydrogen-bond acceptors (Lipinski definition) is 4. The van der Waals surface area contributed by atoms with Gasteiger partial charge in [-0.3, -0.25) is 0 Å². The molecule has 4 rings (SSSR count). The first-order chi connectivity index (χ1) is 9.80. The van der Waals surface area contributed by atoms with Gasteiger partial charge >= 0.3 is 0 Å². The van der Waals surface area contributed by atoms with Crippen molar-refractivity contribution in [2.75, 3.05) is 13.7 Å². The van der Waals surface area contributed by atoms with Gasteiger partial charge in [0.05, 0.1) is 25.0 Å². The van der Waals surface area contributed by atoms with Crippen LogP contribution in [0.2, 0.25) is 0 Å². The minimum absolute atomic E-state index is 0.0184. The van der Waals surface area contributed by atoms with Gasteiger partial charge in [-0.15, -0.1) is 0 Å². The van der Waals surface area contributed by atoms with Crippen LogP contribution < -0.4 is 10.5 Å². The van der Waals surface area contributed by atoms with Crippen molar-refractivity contribution in [2.45, 2.75) is 24.7 Å². The van der Waals surface area contributed by atoms with E-state index in [1.807, 2.05) is 12.1 Å². The Hall–Kier alpha value is -1.94. The molecule has 0 radical (unpaired) electrons. The van der Waals surface area contributed by atoms with E-state index in [2.05, 4.69) is 0 Å². The second-order valence-corrected chi connectivity index (χ2v) is 5.57. The predicted molar refractivity (Wildman–Crippen MR) is 77.1 cm³/mol. The zero-order chi connectivity index (χ0) is 13.7. The maximum atomic E-state index is 6.09. The van der Waals surface area contributed by atoms with Crippen LogP contribution >= 0.6 is 0 Å². The first-order valence-corrected chi connectivity index (χ1v) is 6.95. The van der Waals surface area contributed by atoms with Gasteiger partial charge in [0, 0.05) is 22.9 Å². The van der Waals surface area contributed by atoms with E-state index < -0.39 is 0 Å². The number of methoxy groups -OCH3 is 1. The molecular formula is C16H17NO3. The Morgan fingerprint density at radius 2 is 1.85 bits per heavy atom. The van der Waals surface area contributed by atoms with E-state index in [0.29, 0.717) is 6.54 Å². The highest BCUT2D eigenvalue weighted by atomic mass is 16.5. The van der Waals surface area contributed by atoms with Gasteiger partial charge in [0.25, 0.3) is 0 Å². The molecule has 1 aliphatic rings. The monoisotopic (exact) mass is 271 g/mol. The predicted octanol–water partition coefficient (Wildman–Crippen LogP) is 3.57. The summed E-state index contributed by atoms with van der Waals surface area (Å²) in [5, 5.41) is 2.03. The lowest BCUT2D eigenvalue weighted by atomic mass is 9.63. The number of fused-ring (bicyclic) bond motifs is 2. The molecule has 3 aromatic rings. The Balaban J connectivity index is 2.17. The molecule has 2 N–H and O–H groups in total. The molecule has 0 amide bonds. The third-order valence-corrected chi connectivity index (χ3v) is 4.71. The summed E-state index contributed by atoms with van der Waals surface area (Å²) < 4.78 is 17.0. The summed E-state index contributed by atoms with van der Waals surface area (Å²) in [7, 11) is 1.66. The molecule has 1 saturated carbocycles. The Labute approximate surface area is 116 Å². The van der Waals surface area contributed by atoms with Crippen LogP contribution in [0.15, 0.2) is 33.5 Å². The van der Waals surface area contributed by atoms with Crippen molar-refractivity contribution in [3.05, 3.63) is 30.2 Å². The van der Waals surface area contributed by atoms with Crippen LogP contribution in [-0.4, -0.2) is 13.7 Å². The summed E-state index contributed by atoms with van der Waals surface area (Å²) in [6.45, 7) is 0.634. The maximum Gasteiger partial charge on any atom is 0.176 e. The SMILES string of the molecule is COc1c2ccoc2c(C2(CN)CCC2)c2ccoc12. The van der Waals surface area contributed by atoms with Gasteiger partial charge < -0.3 is 19.3 Å². The molecule has 2 heterocycles. The van der Waals surface area contributed by atoms with Crippen LogP contribution in [0.4, 0.5) is 0 Å². The summed E-state index contributed by atoms with van der Waals surface area (Å²) in [5.41, 5.74) is 8.97. The summed E-state index contributed by atoms with van der Waals surface area (Å²) in [6.07, 6.45) is 6.83. The van der Waals surface area contributed by atoms with E-state index in [0.717, 1.165) is 40.5 Å². The van der Waals surface area contributed by atoms with Gasteiger partial charge in [0.1, 0.15) is 5.58 Å². The first-order valence-electron chi connectivity index (χ1n) is 6.95. The minimum atomic E-state index is 0.0184. The second-order valence-electron chi connectivity index (χ2n) is 5.57. The van der Waals surface area contributed by atoms with E-state index in [4.69, 9.17) is 19.3 Å². The van der Waals surface area contributed by atoms with Gasteiger partial charge in [0.15, 0.2) is 11.3 Å². The Morgan fingerprint density at radius 3 is 2.45 bits per heavy atom. The minimum Gasteiger partial charge on any atom is -0.492 e. The molecular weight excluding hydrogens is 254 g/mol. The largest absolute Gasteiger partial charge is 0.492 e. The standard InChI is InChI=1S/C16H17NO3/c1-18-14-11-4-8-19-13(11)12(10-3-7-20-15(10)14)16(9-17)5-2-6-16/h3-4,7-8H,2,5-6,9,17H2,1H3. The molecule has 0 atom stereocenters. The Bertz CT molecular complexity index is 722. The van der Waals surface area contributed by atoms with Crippen molar-refractivity contribution < 1.29 is 13.6 Å². The molecule has 20 heavy (non-hydrogen) atoms. The Kier molecular flexibility index (Phi) is 2.39. The molecule has 1 aliphatic carbocycles. The lowest BCUT2D eigenvalue weighted by molar-refractivity contribution is 0.255. The van der Waals surface area contributed by atoms with Gasteiger partial charge in [0.2, 0.25) is 0 Å². The van der Waals surface area contributed by atoms with E-state index in [1.165, 1.54) is 12.0 Å². The fourth-order valence-electron chi connectivity index (χ4n) is 3.50. The zero-order valence-electron chi connectivity index (χ0n) is 11.4. The molecule has 0 saturated heterocycles. The van der Waals surface area contributed by atoms with Gasteiger partial charge in [-0.1, -0.05) is 6.42 Å². The summed E-state index contributed by atoms with van der Waals surface area (Å²) in [6, 6.07) is 3.92. The second kappa shape index (κ2) is 4.03. The van der Waals surface area contributed by atoms with Crippen molar-refractivity contribution in [3.8, 4) is 5.75 Å². The van der Waals surface area contributed by atoms with Crippen molar-refractivity contribution in [1.29, 1.82) is 0 Å². The molecule has 0 aliphatic heterocycles. The number of hydrogen-bond donors (Lipinski definition) is 1. The number of furan rings is 2. The van der Waals surface area contributed by atoms with Crippen LogP contribution in [0.5, 0.6) is 5.75 Å². The zero-order valence-corrected chi connectivity index (χ0v) is 11.4. The highest BCUT2D eigenvalue weighted by molar-refractivity contribution is 6.05. The molecule has 1 aromatic carbocycles. The molecule has 4 heteroatoms. The van der Waals surface area contributed by atoms with Crippen LogP contribution in [0.3, 0.4) is 0 Å². The quantitative estimate of drug-likeness (QED) is 0.791. The molecule has 0 unspecified atom stereocenters. The van der Waals surface area contributed by atoms with Crippen molar-refractivity contribution in [1.82, 2.24) is 0 Å². The van der Waals surface area contributed by atoms with Crippen LogP contribution in [0.1, 0.15) is 24.8 Å². The normalized spacial score (nSPS) is 17.5. The smallest absolute Gasteiger partial charge is 0.176 e. The number of nitrogens with two attached hydrogens (primary N) is 1. The lowest BCUT2D eigenvalue weighted by Crippen LogP contribution is -2.41. The van der Waals surface area contributed by atoms with Crippen molar-refractivity contribution >= 4 is 21.9 Å². The average Bonchev–Trinajstić information content (AvgIpc) is 3.05. The molecule has 1 fully saturated rings. The molecule has 2 aromatic heterocycles. The Morgan fingerprint density at radius 1 is 1.15 bits per heavy atom. The summed E-state index contributed by atoms with van der Waals surface area (Å²) in [5.74, 6) is 0.740. The summed E-state index contributed by atoms with van der Waals surface area (Å²) >= 11 is 0. The van der Waals surface area contributed by atoms with Gasteiger partial charge in [-0.2, -0.15) is 0 Å².